The number of amides is 3. The Morgan fingerprint density at radius 1 is 0.923 bits per heavy atom. The molecule has 2 rings (SSSR count). The van der Waals surface area contributed by atoms with E-state index in [-0.39, 0.29) is 24.3 Å². The number of anilines is 2. The first-order chi connectivity index (χ1) is 12.4. The molecule has 0 bridgehead atoms. The monoisotopic (exact) mass is 373 g/mol. The van der Waals surface area contributed by atoms with Crippen molar-refractivity contribution in [2.75, 3.05) is 23.7 Å². The molecular weight excluding hydrogens is 354 g/mol. The Balaban J connectivity index is 1.97. The molecule has 0 unspecified atom stereocenters. The molecule has 0 aromatic heterocycles. The van der Waals surface area contributed by atoms with Gasteiger partial charge in [-0.3, -0.25) is 14.4 Å². The molecule has 2 aromatic carbocycles. The highest BCUT2D eigenvalue weighted by Gasteiger charge is 2.17. The molecule has 2 N–H and O–H groups in total. The van der Waals surface area contributed by atoms with E-state index < -0.39 is 0 Å². The highest BCUT2D eigenvalue weighted by atomic mass is 35.5. The van der Waals surface area contributed by atoms with Crippen LogP contribution in [0.3, 0.4) is 0 Å². The first kappa shape index (κ1) is 19.5. The number of nitrogens with one attached hydrogen (secondary N) is 2. The molecule has 0 aliphatic rings. The number of carbonyl (C=O) groups excluding carboxylic acids is 3. The zero-order valence-corrected chi connectivity index (χ0v) is 15.3. The van der Waals surface area contributed by atoms with E-state index in [0.29, 0.717) is 28.5 Å². The minimum atomic E-state index is -0.304. The predicted molar refractivity (Wildman–Crippen MR) is 102 cm³/mol. The number of likely N-dealkylation sites (N-methyl/N-ethyl adjacent to an activating group) is 1. The van der Waals surface area contributed by atoms with Gasteiger partial charge in [-0.25, -0.2) is 0 Å². The lowest BCUT2D eigenvalue weighted by atomic mass is 10.2. The Bertz CT molecular complexity index is 789. The van der Waals surface area contributed by atoms with Crippen LogP contribution in [0.25, 0.3) is 0 Å². The maximum absolute atomic E-state index is 12.5. The summed E-state index contributed by atoms with van der Waals surface area (Å²) in [6, 6.07) is 13.3. The molecule has 0 heterocycles. The smallest absolute Gasteiger partial charge is 0.254 e. The average molecular weight is 374 g/mol. The number of hydrogen-bond acceptors (Lipinski definition) is 3. The molecule has 26 heavy (non-hydrogen) atoms. The fourth-order valence-corrected chi connectivity index (χ4v) is 2.44. The summed E-state index contributed by atoms with van der Waals surface area (Å²) in [7, 11) is 0. The number of hydrogen-bond donors (Lipinski definition) is 2. The van der Waals surface area contributed by atoms with Crippen LogP contribution in [0.4, 0.5) is 11.4 Å². The van der Waals surface area contributed by atoms with E-state index in [1.807, 2.05) is 6.92 Å². The Hall–Kier alpha value is -2.86. The van der Waals surface area contributed by atoms with Gasteiger partial charge in [-0.2, -0.15) is 0 Å². The van der Waals surface area contributed by atoms with Crippen LogP contribution in [0.1, 0.15) is 24.2 Å². The molecule has 0 saturated carbocycles. The number of halogens is 1. The topological polar surface area (TPSA) is 78.5 Å². The molecule has 7 heteroatoms. The van der Waals surface area contributed by atoms with Gasteiger partial charge < -0.3 is 15.5 Å². The third kappa shape index (κ3) is 5.60. The van der Waals surface area contributed by atoms with Gasteiger partial charge in [-0.1, -0.05) is 11.6 Å². The largest absolute Gasteiger partial charge is 0.330 e. The summed E-state index contributed by atoms with van der Waals surface area (Å²) in [5, 5.41) is 5.93. The van der Waals surface area contributed by atoms with Gasteiger partial charge in [0.2, 0.25) is 11.8 Å². The predicted octanol–water partition coefficient (Wildman–Crippen LogP) is 3.40. The second-order valence-corrected chi connectivity index (χ2v) is 6.07. The first-order valence-corrected chi connectivity index (χ1v) is 8.49. The minimum Gasteiger partial charge on any atom is -0.330 e. The molecule has 0 atom stereocenters. The lowest BCUT2D eigenvalue weighted by molar-refractivity contribution is -0.117. The summed E-state index contributed by atoms with van der Waals surface area (Å²) in [5.74, 6) is -0.706. The quantitative estimate of drug-likeness (QED) is 0.814. The molecule has 0 aliphatic carbocycles. The normalized spacial score (nSPS) is 10.1. The molecule has 136 valence electrons. The Kier molecular flexibility index (Phi) is 6.74. The van der Waals surface area contributed by atoms with Crippen molar-refractivity contribution in [2.24, 2.45) is 0 Å². The molecule has 0 aliphatic heterocycles. The fourth-order valence-electron chi connectivity index (χ4n) is 2.32. The lowest BCUT2D eigenvalue weighted by Gasteiger charge is -2.20. The minimum absolute atomic E-state index is 0.0641. The summed E-state index contributed by atoms with van der Waals surface area (Å²) >= 11 is 5.83. The average Bonchev–Trinajstić information content (AvgIpc) is 2.61. The van der Waals surface area contributed by atoms with Crippen LogP contribution in [0.15, 0.2) is 48.5 Å². The molecule has 0 radical (unpaired) electrons. The van der Waals surface area contributed by atoms with Crippen molar-refractivity contribution >= 4 is 40.7 Å². The third-order valence-corrected chi connectivity index (χ3v) is 3.84. The van der Waals surface area contributed by atoms with E-state index in [4.69, 9.17) is 11.6 Å². The highest BCUT2D eigenvalue weighted by molar-refractivity contribution is 6.30. The second-order valence-electron chi connectivity index (χ2n) is 5.63. The number of rotatable bonds is 6. The van der Waals surface area contributed by atoms with Crippen molar-refractivity contribution < 1.29 is 14.4 Å². The van der Waals surface area contributed by atoms with Gasteiger partial charge in [0.25, 0.3) is 5.91 Å². The van der Waals surface area contributed by atoms with Crippen molar-refractivity contribution in [3.8, 4) is 0 Å². The van der Waals surface area contributed by atoms with Crippen LogP contribution in [0.2, 0.25) is 5.02 Å². The zero-order valence-electron chi connectivity index (χ0n) is 14.6. The Morgan fingerprint density at radius 3 is 1.96 bits per heavy atom. The maximum atomic E-state index is 12.5. The number of nitrogens with zero attached hydrogens (tertiary/aromatic N) is 1. The van der Waals surface area contributed by atoms with E-state index in [1.54, 1.807) is 48.5 Å². The van der Waals surface area contributed by atoms with E-state index in [9.17, 15) is 14.4 Å². The number of carbonyl (C=O) groups is 3. The van der Waals surface area contributed by atoms with Crippen LogP contribution in [0, 0.1) is 0 Å². The van der Waals surface area contributed by atoms with Crippen molar-refractivity contribution in [3.05, 3.63) is 59.1 Å². The second kappa shape index (κ2) is 9.01. The molecule has 0 spiro atoms. The maximum Gasteiger partial charge on any atom is 0.254 e. The van der Waals surface area contributed by atoms with Gasteiger partial charge in [0.1, 0.15) is 6.54 Å². The van der Waals surface area contributed by atoms with Crippen LogP contribution >= 0.6 is 11.6 Å². The summed E-state index contributed by atoms with van der Waals surface area (Å²) in [5.41, 5.74) is 1.70. The van der Waals surface area contributed by atoms with Crippen molar-refractivity contribution in [1.82, 2.24) is 4.90 Å². The lowest BCUT2D eigenvalue weighted by Crippen LogP contribution is -2.37. The molecule has 0 saturated heterocycles. The first-order valence-electron chi connectivity index (χ1n) is 8.11. The van der Waals surface area contributed by atoms with Crippen LogP contribution < -0.4 is 10.6 Å². The van der Waals surface area contributed by atoms with Crippen molar-refractivity contribution in [1.29, 1.82) is 0 Å². The van der Waals surface area contributed by atoms with E-state index in [0.717, 1.165) is 0 Å². The van der Waals surface area contributed by atoms with Gasteiger partial charge in [0.05, 0.1) is 0 Å². The van der Waals surface area contributed by atoms with Gasteiger partial charge in [-0.05, 0) is 55.5 Å². The zero-order chi connectivity index (χ0) is 19.1. The molecule has 3 amide bonds. The molecule has 2 aromatic rings. The fraction of sp³-hybridized carbons (Fsp3) is 0.211. The highest BCUT2D eigenvalue weighted by Crippen LogP contribution is 2.14. The van der Waals surface area contributed by atoms with E-state index >= 15 is 0 Å². The van der Waals surface area contributed by atoms with Crippen LogP contribution in [-0.4, -0.2) is 35.7 Å². The van der Waals surface area contributed by atoms with Crippen LogP contribution in [-0.2, 0) is 9.59 Å². The van der Waals surface area contributed by atoms with Gasteiger partial charge in [0, 0.05) is 35.4 Å². The Labute approximate surface area is 157 Å². The number of benzene rings is 2. The molecular formula is C19H20ClN3O3. The molecule has 6 nitrogen and oxygen atoms in total. The van der Waals surface area contributed by atoms with E-state index in [2.05, 4.69) is 10.6 Å². The summed E-state index contributed by atoms with van der Waals surface area (Å²) < 4.78 is 0. The Morgan fingerprint density at radius 2 is 1.46 bits per heavy atom. The van der Waals surface area contributed by atoms with Crippen molar-refractivity contribution in [2.45, 2.75) is 13.8 Å². The standard InChI is InChI=1S/C19H20ClN3O3/c1-3-23(19(26)14-4-6-15(20)7-5-14)12-18(25)22-17-10-8-16(9-11-17)21-13(2)24/h4-11H,3,12H2,1-2H3,(H,21,24)(H,22,25). The van der Waals surface area contributed by atoms with Crippen LogP contribution in [0.5, 0.6) is 0 Å². The van der Waals surface area contributed by atoms with Crippen molar-refractivity contribution in [3.63, 3.8) is 0 Å². The van der Waals surface area contributed by atoms with Gasteiger partial charge >= 0.3 is 0 Å². The SMILES string of the molecule is CCN(CC(=O)Nc1ccc(NC(C)=O)cc1)C(=O)c1ccc(Cl)cc1. The van der Waals surface area contributed by atoms with E-state index in [1.165, 1.54) is 11.8 Å². The third-order valence-electron chi connectivity index (χ3n) is 3.58. The molecule has 0 fully saturated rings. The van der Waals surface area contributed by atoms with Gasteiger partial charge in [0.15, 0.2) is 0 Å². The summed E-state index contributed by atoms with van der Waals surface area (Å²) in [6.07, 6.45) is 0. The van der Waals surface area contributed by atoms with Gasteiger partial charge in [-0.15, -0.1) is 0 Å². The summed E-state index contributed by atoms with van der Waals surface area (Å²) in [4.78, 5) is 37.2. The summed E-state index contributed by atoms with van der Waals surface area (Å²) in [6.45, 7) is 3.57.